The largest absolute Gasteiger partial charge is 0.374 e. The fourth-order valence-electron chi connectivity index (χ4n) is 5.19. The molecule has 41 heavy (non-hydrogen) atoms. The summed E-state index contributed by atoms with van der Waals surface area (Å²) in [6, 6.07) is 34.6. The second-order valence-electron chi connectivity index (χ2n) is 9.94. The fraction of sp³-hybridized carbons (Fsp3) is 0.273. The van der Waals surface area contributed by atoms with E-state index in [0.717, 1.165) is 32.9 Å². The van der Waals surface area contributed by atoms with Crippen LogP contribution in [0.5, 0.6) is 0 Å². The maximum Gasteiger partial charge on any atom is 0.137 e. The monoisotopic (exact) mass is 567 g/mol. The zero-order chi connectivity index (χ0) is 27.9. The Bertz CT molecular complexity index is 1520. The van der Waals surface area contributed by atoms with Gasteiger partial charge in [0, 0.05) is 0 Å². The minimum Gasteiger partial charge on any atom is -0.374 e. The van der Waals surface area contributed by atoms with E-state index in [2.05, 4.69) is 52.5 Å². The van der Waals surface area contributed by atoms with Gasteiger partial charge in [0.05, 0.1) is 37.6 Å². The summed E-state index contributed by atoms with van der Waals surface area (Å²) in [7, 11) is 0. The van der Waals surface area contributed by atoms with E-state index in [1.165, 1.54) is 0 Å². The third-order valence-corrected chi connectivity index (χ3v) is 7.91. The summed E-state index contributed by atoms with van der Waals surface area (Å²) in [5, 5.41) is 5.49. The van der Waals surface area contributed by atoms with Crippen molar-refractivity contribution in [2.24, 2.45) is 0 Å². The molecule has 7 nitrogen and oxygen atoms in total. The first-order chi connectivity index (χ1) is 20.3. The number of hydrogen-bond acceptors (Lipinski definition) is 7. The number of hydrogen-bond donors (Lipinski definition) is 0. The van der Waals surface area contributed by atoms with Crippen molar-refractivity contribution in [3.63, 3.8) is 0 Å². The summed E-state index contributed by atoms with van der Waals surface area (Å²) in [6.07, 6.45) is 2.07. The van der Waals surface area contributed by atoms with Crippen LogP contribution in [0.3, 0.4) is 0 Å². The second kappa shape index (κ2) is 13.4. The Morgan fingerprint density at radius 3 is 1.93 bits per heavy atom. The molecule has 1 aliphatic rings. The maximum absolute atomic E-state index is 6.76. The molecule has 3 aromatic carbocycles. The van der Waals surface area contributed by atoms with E-state index < -0.39 is 12.2 Å². The van der Waals surface area contributed by atoms with Gasteiger partial charge >= 0.3 is 0 Å². The molecule has 8 heteroatoms. The lowest BCUT2D eigenvalue weighted by molar-refractivity contribution is -0.0898. The van der Waals surface area contributed by atoms with Crippen molar-refractivity contribution in [3.05, 3.63) is 132 Å². The first kappa shape index (κ1) is 27.6. The van der Waals surface area contributed by atoms with Crippen LogP contribution < -0.4 is 0 Å². The van der Waals surface area contributed by atoms with Crippen LogP contribution in [0.4, 0.5) is 0 Å². The molecule has 0 radical (unpaired) electrons. The molecule has 6 rings (SSSR count). The van der Waals surface area contributed by atoms with Gasteiger partial charge in [0.15, 0.2) is 0 Å². The number of aromatic nitrogens is 3. The molecule has 0 amide bonds. The number of fused-ring (bicyclic) bond motifs is 1. The summed E-state index contributed by atoms with van der Waals surface area (Å²) in [6.45, 7) is 1.73. The number of thioether (sulfide) groups is 1. The quantitative estimate of drug-likeness (QED) is 0.164. The summed E-state index contributed by atoms with van der Waals surface area (Å²) in [4.78, 5) is 4.44. The smallest absolute Gasteiger partial charge is 0.137 e. The summed E-state index contributed by atoms with van der Waals surface area (Å²) in [5.74, 6) is 0. The van der Waals surface area contributed by atoms with Crippen molar-refractivity contribution in [1.82, 2.24) is 14.6 Å². The molecule has 2 aromatic heterocycles. The topological polar surface area (TPSA) is 67.1 Å². The Balaban J connectivity index is 1.30. The van der Waals surface area contributed by atoms with Gasteiger partial charge in [-0.15, -0.1) is 11.8 Å². The van der Waals surface area contributed by atoms with E-state index in [1.54, 1.807) is 18.1 Å². The minimum absolute atomic E-state index is 0.347. The highest BCUT2D eigenvalue weighted by Crippen LogP contribution is 2.39. The molecule has 3 heterocycles. The van der Waals surface area contributed by atoms with Crippen molar-refractivity contribution in [2.45, 2.75) is 49.3 Å². The highest BCUT2D eigenvalue weighted by Gasteiger charge is 2.48. The summed E-state index contributed by atoms with van der Waals surface area (Å²) >= 11 is 1.59. The van der Waals surface area contributed by atoms with E-state index in [-0.39, 0.29) is 12.2 Å². The molecule has 0 spiro atoms. The van der Waals surface area contributed by atoms with Crippen molar-refractivity contribution < 1.29 is 18.9 Å². The SMILES string of the molecule is CSc1ncnn2c(C3O[C@H](COCc4ccccc4)[C@@H](OCc4ccccc4)[C@H]3OCc3ccccc3)ccc12. The Morgan fingerprint density at radius 1 is 0.732 bits per heavy atom. The predicted molar refractivity (Wildman–Crippen MR) is 159 cm³/mol. The number of benzene rings is 3. The number of ether oxygens (including phenoxy) is 4. The van der Waals surface area contributed by atoms with Gasteiger partial charge in [-0.1, -0.05) is 91.0 Å². The average molecular weight is 568 g/mol. The highest BCUT2D eigenvalue weighted by molar-refractivity contribution is 7.98. The number of rotatable bonds is 12. The fourth-order valence-corrected chi connectivity index (χ4v) is 5.70. The molecule has 210 valence electrons. The zero-order valence-corrected chi connectivity index (χ0v) is 23.7. The van der Waals surface area contributed by atoms with Crippen LogP contribution in [0.25, 0.3) is 5.52 Å². The third-order valence-electron chi connectivity index (χ3n) is 7.21. The van der Waals surface area contributed by atoms with Crippen molar-refractivity contribution in [3.8, 4) is 0 Å². The first-order valence-electron chi connectivity index (χ1n) is 13.7. The number of nitrogens with zero attached hydrogens (tertiary/aromatic N) is 3. The second-order valence-corrected chi connectivity index (χ2v) is 10.7. The summed E-state index contributed by atoms with van der Waals surface area (Å²) in [5.41, 5.74) is 5.12. The Kier molecular flexibility index (Phi) is 9.04. The Morgan fingerprint density at radius 2 is 1.32 bits per heavy atom. The van der Waals surface area contributed by atoms with Gasteiger partial charge in [-0.3, -0.25) is 0 Å². The lowest BCUT2D eigenvalue weighted by atomic mass is 10.0. The maximum atomic E-state index is 6.76. The van der Waals surface area contributed by atoms with Gasteiger partial charge in [-0.2, -0.15) is 5.10 Å². The molecule has 1 saturated heterocycles. The lowest BCUT2D eigenvalue weighted by Crippen LogP contribution is -2.38. The molecule has 1 aliphatic heterocycles. The Hall–Kier alpha value is -3.53. The van der Waals surface area contributed by atoms with Crippen LogP contribution >= 0.6 is 11.8 Å². The Labute approximate surface area is 244 Å². The van der Waals surface area contributed by atoms with Crippen LogP contribution in [0, 0.1) is 0 Å². The van der Waals surface area contributed by atoms with Crippen LogP contribution in [0.15, 0.2) is 114 Å². The highest BCUT2D eigenvalue weighted by atomic mass is 32.2. The average Bonchev–Trinajstić information content (AvgIpc) is 3.61. The third kappa shape index (κ3) is 6.53. The molecular formula is C33H33N3O4S. The van der Waals surface area contributed by atoms with E-state index in [0.29, 0.717) is 26.4 Å². The van der Waals surface area contributed by atoms with Gasteiger partial charge in [-0.05, 0) is 35.1 Å². The van der Waals surface area contributed by atoms with Gasteiger partial charge in [0.1, 0.15) is 35.8 Å². The zero-order valence-electron chi connectivity index (χ0n) is 22.9. The molecule has 0 aliphatic carbocycles. The predicted octanol–water partition coefficient (Wildman–Crippen LogP) is 6.28. The van der Waals surface area contributed by atoms with Crippen molar-refractivity contribution in [1.29, 1.82) is 0 Å². The van der Waals surface area contributed by atoms with Crippen LogP contribution in [0.1, 0.15) is 28.5 Å². The lowest BCUT2D eigenvalue weighted by Gasteiger charge is -2.25. The molecule has 0 saturated carbocycles. The van der Waals surface area contributed by atoms with Crippen LogP contribution in [-0.2, 0) is 38.8 Å². The molecule has 4 atom stereocenters. The standard InChI is InChI=1S/C33H33N3O4S/c1-41-33-28-18-17-27(36(28)35-23-34-33)30-32(39-21-26-15-9-4-10-16-26)31(38-20-25-13-7-3-8-14-25)29(40-30)22-37-19-24-11-5-2-6-12-24/h2-18,23,29-32H,19-22H2,1H3/t29-,30?,31-,32+/m1/s1. The molecule has 0 bridgehead atoms. The van der Waals surface area contributed by atoms with Crippen molar-refractivity contribution >= 4 is 17.3 Å². The van der Waals surface area contributed by atoms with Crippen LogP contribution in [0.2, 0.25) is 0 Å². The normalized spacial score (nSPS) is 20.5. The summed E-state index contributed by atoms with van der Waals surface area (Å²) < 4.78 is 28.1. The van der Waals surface area contributed by atoms with Gasteiger partial charge in [0.25, 0.3) is 0 Å². The van der Waals surface area contributed by atoms with Crippen molar-refractivity contribution in [2.75, 3.05) is 12.9 Å². The van der Waals surface area contributed by atoms with Gasteiger partial charge in [-0.25, -0.2) is 9.50 Å². The van der Waals surface area contributed by atoms with E-state index >= 15 is 0 Å². The van der Waals surface area contributed by atoms with E-state index in [9.17, 15) is 0 Å². The first-order valence-corrected chi connectivity index (χ1v) is 15.0. The minimum atomic E-state index is -0.420. The molecule has 1 fully saturated rings. The van der Waals surface area contributed by atoms with Gasteiger partial charge < -0.3 is 18.9 Å². The van der Waals surface area contributed by atoms with Crippen LogP contribution in [-0.4, -0.2) is 45.8 Å². The van der Waals surface area contributed by atoms with E-state index in [1.807, 2.05) is 71.4 Å². The van der Waals surface area contributed by atoms with E-state index in [4.69, 9.17) is 18.9 Å². The molecule has 5 aromatic rings. The van der Waals surface area contributed by atoms with Gasteiger partial charge in [0.2, 0.25) is 0 Å². The molecule has 0 N–H and O–H groups in total. The molecule has 1 unspecified atom stereocenters. The molecular weight excluding hydrogens is 534 g/mol.